The van der Waals surface area contributed by atoms with Crippen molar-refractivity contribution >= 4 is 5.82 Å². The maximum atomic E-state index is 9.12. The molecule has 2 fully saturated rings. The molecule has 1 aromatic rings. The molecule has 1 aliphatic carbocycles. The molecular formula is C14H20N4. The Balaban J connectivity index is 1.72. The summed E-state index contributed by atoms with van der Waals surface area (Å²) in [7, 11) is 1.88. The van der Waals surface area contributed by atoms with Crippen molar-refractivity contribution in [2.24, 2.45) is 12.5 Å². The Hall–Kier alpha value is -1.50. The molecule has 1 spiro atoms. The number of hydrogen-bond acceptors (Lipinski definition) is 3. The summed E-state index contributed by atoms with van der Waals surface area (Å²) in [5.41, 5.74) is 1.24. The highest BCUT2D eigenvalue weighted by molar-refractivity contribution is 5.55. The second-order valence-electron chi connectivity index (χ2n) is 5.92. The molecule has 1 aliphatic heterocycles. The van der Waals surface area contributed by atoms with Gasteiger partial charge in [-0.05, 0) is 12.8 Å². The zero-order chi connectivity index (χ0) is 12.6. The van der Waals surface area contributed by atoms with Crippen LogP contribution in [0.2, 0.25) is 0 Å². The van der Waals surface area contributed by atoms with E-state index in [1.54, 1.807) is 4.68 Å². The topological polar surface area (TPSA) is 44.9 Å². The molecule has 4 heteroatoms. The Morgan fingerprint density at radius 3 is 2.50 bits per heavy atom. The summed E-state index contributed by atoms with van der Waals surface area (Å²) in [5, 5.41) is 13.5. The summed E-state index contributed by atoms with van der Waals surface area (Å²) in [5.74, 6) is 0.884. The highest BCUT2D eigenvalue weighted by Gasteiger charge is 2.44. The summed E-state index contributed by atoms with van der Waals surface area (Å²) < 4.78 is 1.74. The smallest absolute Gasteiger partial charge is 0.168 e. The molecule has 0 bridgehead atoms. The minimum atomic E-state index is 0.529. The first kappa shape index (κ1) is 11.6. The van der Waals surface area contributed by atoms with Crippen molar-refractivity contribution in [3.63, 3.8) is 0 Å². The van der Waals surface area contributed by atoms with Gasteiger partial charge in [-0.15, -0.1) is 0 Å². The van der Waals surface area contributed by atoms with Gasteiger partial charge >= 0.3 is 0 Å². The molecule has 0 aromatic carbocycles. The summed E-state index contributed by atoms with van der Waals surface area (Å²) in [6, 6.07) is 2.24. The fourth-order valence-corrected chi connectivity index (χ4v) is 3.50. The molecule has 4 nitrogen and oxygen atoms in total. The lowest BCUT2D eigenvalue weighted by atomic mass is 9.73. The monoisotopic (exact) mass is 244 g/mol. The molecule has 96 valence electrons. The first-order valence-electron chi connectivity index (χ1n) is 6.91. The SMILES string of the molecule is Cn1cc(C#N)c(N2CC3(CCCCCC3)C2)n1. The molecule has 0 atom stereocenters. The van der Waals surface area contributed by atoms with Crippen LogP contribution in [0.3, 0.4) is 0 Å². The molecule has 1 saturated carbocycles. The second-order valence-corrected chi connectivity index (χ2v) is 5.92. The van der Waals surface area contributed by atoms with Gasteiger partial charge in [0.15, 0.2) is 5.82 Å². The third kappa shape index (κ3) is 1.88. The van der Waals surface area contributed by atoms with Gasteiger partial charge in [-0.25, -0.2) is 0 Å². The molecule has 1 aromatic heterocycles. The molecule has 2 aliphatic rings. The van der Waals surface area contributed by atoms with Crippen molar-refractivity contribution in [1.82, 2.24) is 9.78 Å². The number of nitriles is 1. The fourth-order valence-electron chi connectivity index (χ4n) is 3.50. The van der Waals surface area contributed by atoms with Crippen molar-refractivity contribution in [2.45, 2.75) is 38.5 Å². The Labute approximate surface area is 108 Å². The van der Waals surface area contributed by atoms with Gasteiger partial charge in [-0.2, -0.15) is 10.4 Å². The van der Waals surface area contributed by atoms with Crippen LogP contribution in [0.1, 0.15) is 44.1 Å². The van der Waals surface area contributed by atoms with Crippen LogP contribution in [0.5, 0.6) is 0 Å². The van der Waals surface area contributed by atoms with Crippen LogP contribution < -0.4 is 4.90 Å². The van der Waals surface area contributed by atoms with E-state index in [1.165, 1.54) is 38.5 Å². The second kappa shape index (κ2) is 4.31. The van der Waals surface area contributed by atoms with Gasteiger partial charge in [0, 0.05) is 31.7 Å². The first-order chi connectivity index (χ1) is 8.72. The Bertz CT molecular complexity index is 466. The lowest BCUT2D eigenvalue weighted by molar-refractivity contribution is 0.179. The van der Waals surface area contributed by atoms with Gasteiger partial charge in [-0.1, -0.05) is 25.7 Å². The quantitative estimate of drug-likeness (QED) is 0.762. The normalized spacial score (nSPS) is 22.3. The van der Waals surface area contributed by atoms with E-state index in [0.29, 0.717) is 11.0 Å². The van der Waals surface area contributed by atoms with Gasteiger partial charge < -0.3 is 4.90 Å². The van der Waals surface area contributed by atoms with Crippen LogP contribution in [-0.4, -0.2) is 22.9 Å². The van der Waals surface area contributed by atoms with Crippen LogP contribution in [0.25, 0.3) is 0 Å². The maximum absolute atomic E-state index is 9.12. The number of nitrogens with zero attached hydrogens (tertiary/aromatic N) is 4. The highest BCUT2D eigenvalue weighted by Crippen LogP contribution is 2.44. The van der Waals surface area contributed by atoms with Crippen molar-refractivity contribution < 1.29 is 0 Å². The van der Waals surface area contributed by atoms with Gasteiger partial charge in [0.25, 0.3) is 0 Å². The van der Waals surface area contributed by atoms with Crippen molar-refractivity contribution in [3.8, 4) is 6.07 Å². The lowest BCUT2D eigenvalue weighted by Gasteiger charge is -2.50. The summed E-state index contributed by atoms with van der Waals surface area (Å²) in [6.07, 6.45) is 10.1. The molecular weight excluding hydrogens is 224 g/mol. The summed E-state index contributed by atoms with van der Waals surface area (Å²) in [4.78, 5) is 2.28. The number of hydrogen-bond donors (Lipinski definition) is 0. The third-order valence-electron chi connectivity index (χ3n) is 4.45. The first-order valence-corrected chi connectivity index (χ1v) is 6.91. The van der Waals surface area contributed by atoms with Crippen LogP contribution in [0.15, 0.2) is 6.20 Å². The molecule has 3 rings (SSSR count). The van der Waals surface area contributed by atoms with Gasteiger partial charge in [0.05, 0.1) is 0 Å². The Kier molecular flexibility index (Phi) is 2.77. The summed E-state index contributed by atoms with van der Waals surface area (Å²) in [6.45, 7) is 2.19. The van der Waals surface area contributed by atoms with E-state index < -0.39 is 0 Å². The van der Waals surface area contributed by atoms with Crippen molar-refractivity contribution in [1.29, 1.82) is 5.26 Å². The van der Waals surface area contributed by atoms with Gasteiger partial charge in [0.1, 0.15) is 11.6 Å². The minimum absolute atomic E-state index is 0.529. The van der Waals surface area contributed by atoms with E-state index in [0.717, 1.165) is 18.9 Å². The molecule has 0 amide bonds. The number of anilines is 1. The van der Waals surface area contributed by atoms with E-state index in [4.69, 9.17) is 5.26 Å². The number of aryl methyl sites for hydroxylation is 1. The molecule has 2 heterocycles. The third-order valence-corrected chi connectivity index (χ3v) is 4.45. The van der Waals surface area contributed by atoms with E-state index in [2.05, 4.69) is 16.1 Å². The van der Waals surface area contributed by atoms with E-state index in [1.807, 2.05) is 13.2 Å². The van der Waals surface area contributed by atoms with Crippen LogP contribution in [0.4, 0.5) is 5.82 Å². The average molecular weight is 244 g/mol. The largest absolute Gasteiger partial charge is 0.353 e. The molecule has 18 heavy (non-hydrogen) atoms. The Morgan fingerprint density at radius 1 is 1.22 bits per heavy atom. The predicted octanol–water partition coefficient (Wildman–Crippen LogP) is 2.45. The van der Waals surface area contributed by atoms with Crippen molar-refractivity contribution in [3.05, 3.63) is 11.8 Å². The van der Waals surface area contributed by atoms with Gasteiger partial charge in [-0.3, -0.25) is 4.68 Å². The Morgan fingerprint density at radius 2 is 1.89 bits per heavy atom. The molecule has 0 unspecified atom stereocenters. The fraction of sp³-hybridized carbons (Fsp3) is 0.714. The maximum Gasteiger partial charge on any atom is 0.168 e. The van der Waals surface area contributed by atoms with Crippen molar-refractivity contribution in [2.75, 3.05) is 18.0 Å². The molecule has 0 radical (unpaired) electrons. The predicted molar refractivity (Wildman–Crippen MR) is 70.3 cm³/mol. The van der Waals surface area contributed by atoms with E-state index in [9.17, 15) is 0 Å². The minimum Gasteiger partial charge on any atom is -0.353 e. The highest BCUT2D eigenvalue weighted by atomic mass is 15.4. The zero-order valence-electron chi connectivity index (χ0n) is 11.0. The number of aromatic nitrogens is 2. The van der Waals surface area contributed by atoms with E-state index >= 15 is 0 Å². The molecule has 1 saturated heterocycles. The standard InChI is InChI=1S/C14H20N4/c1-17-9-12(8-15)13(16-17)18-10-14(11-18)6-4-2-3-5-7-14/h9H,2-7,10-11H2,1H3. The molecule has 0 N–H and O–H groups in total. The number of rotatable bonds is 1. The zero-order valence-corrected chi connectivity index (χ0v) is 11.0. The lowest BCUT2D eigenvalue weighted by Crippen LogP contribution is -2.56. The average Bonchev–Trinajstić information content (AvgIpc) is 2.55. The van der Waals surface area contributed by atoms with Crippen LogP contribution >= 0.6 is 0 Å². The summed E-state index contributed by atoms with van der Waals surface area (Å²) >= 11 is 0. The van der Waals surface area contributed by atoms with Crippen LogP contribution in [0, 0.1) is 16.7 Å². The van der Waals surface area contributed by atoms with Gasteiger partial charge in [0.2, 0.25) is 0 Å². The van der Waals surface area contributed by atoms with Crippen LogP contribution in [-0.2, 0) is 7.05 Å². The van der Waals surface area contributed by atoms with E-state index in [-0.39, 0.29) is 0 Å².